The van der Waals surface area contributed by atoms with Crippen LogP contribution >= 0.6 is 0 Å². The largest absolute Gasteiger partial charge is 0.0836 e. The maximum absolute atomic E-state index is 2.28. The molecule has 0 radical (unpaired) electrons. The van der Waals surface area contributed by atoms with E-state index in [0.29, 0.717) is 5.92 Å². The maximum Gasteiger partial charge on any atom is 0.00920 e. The van der Waals surface area contributed by atoms with Crippen LogP contribution in [-0.2, 0) is 0 Å². The van der Waals surface area contributed by atoms with Crippen LogP contribution in [-0.4, -0.2) is 0 Å². The fraction of sp³-hybridized carbons (Fsp3) is 0.250. The monoisotopic (exact) mass is 208 g/mol. The minimum atomic E-state index is 0.611. The van der Waals surface area contributed by atoms with Gasteiger partial charge in [0.2, 0.25) is 0 Å². The van der Waals surface area contributed by atoms with Gasteiger partial charge < -0.3 is 0 Å². The molecule has 0 aromatic heterocycles. The van der Waals surface area contributed by atoms with Gasteiger partial charge in [0.25, 0.3) is 0 Å². The van der Waals surface area contributed by atoms with E-state index < -0.39 is 0 Å². The third kappa shape index (κ3) is 1.23. The highest BCUT2D eigenvalue weighted by atomic mass is 14.3. The Labute approximate surface area is 96.3 Å². The molecule has 0 heteroatoms. The summed E-state index contributed by atoms with van der Waals surface area (Å²) in [6, 6.07) is 8.77. The third-order valence-electron chi connectivity index (χ3n) is 3.87. The lowest BCUT2D eigenvalue weighted by molar-refractivity contribution is 0.789. The van der Waals surface area contributed by atoms with Crippen molar-refractivity contribution in [3.8, 4) is 0 Å². The lowest BCUT2D eigenvalue weighted by Gasteiger charge is -2.27. The molecule has 0 heterocycles. The summed E-state index contributed by atoms with van der Waals surface area (Å²) < 4.78 is 0. The van der Waals surface area contributed by atoms with Gasteiger partial charge in [0.05, 0.1) is 0 Å². The van der Waals surface area contributed by atoms with Crippen LogP contribution in [0.2, 0.25) is 0 Å². The highest BCUT2D eigenvalue weighted by molar-refractivity contribution is 5.74. The van der Waals surface area contributed by atoms with Crippen molar-refractivity contribution in [2.24, 2.45) is 5.92 Å². The predicted molar refractivity (Wildman–Crippen MR) is 69.2 cm³/mol. The molecule has 80 valence electrons. The number of rotatable bonds is 0. The van der Waals surface area contributed by atoms with E-state index in [0.717, 1.165) is 6.42 Å². The van der Waals surface area contributed by atoms with E-state index in [1.54, 1.807) is 0 Å². The first kappa shape index (κ1) is 9.65. The molecule has 1 aromatic rings. The number of hydrogen-bond acceptors (Lipinski definition) is 0. The number of fused-ring (bicyclic) bond motifs is 2. The molecule has 0 spiro atoms. The van der Waals surface area contributed by atoms with E-state index >= 15 is 0 Å². The van der Waals surface area contributed by atoms with Gasteiger partial charge in [-0.1, -0.05) is 48.1 Å². The Morgan fingerprint density at radius 3 is 2.62 bits per heavy atom. The van der Waals surface area contributed by atoms with E-state index in [2.05, 4.69) is 56.3 Å². The Morgan fingerprint density at radius 2 is 1.81 bits per heavy atom. The first-order valence-corrected chi connectivity index (χ1v) is 5.93. The summed E-state index contributed by atoms with van der Waals surface area (Å²) in [6.07, 6.45) is 7.90. The number of allylic oxidation sites excluding steroid dienone is 4. The van der Waals surface area contributed by atoms with E-state index in [9.17, 15) is 0 Å². The van der Waals surface area contributed by atoms with E-state index in [4.69, 9.17) is 0 Å². The molecule has 0 bridgehead atoms. The van der Waals surface area contributed by atoms with Gasteiger partial charge in [-0.25, -0.2) is 0 Å². The molecule has 2 aliphatic rings. The molecule has 0 aliphatic heterocycles. The first-order chi connectivity index (χ1) is 7.79. The van der Waals surface area contributed by atoms with Gasteiger partial charge >= 0.3 is 0 Å². The zero-order chi connectivity index (χ0) is 11.1. The Morgan fingerprint density at radius 1 is 1.06 bits per heavy atom. The predicted octanol–water partition coefficient (Wildman–Crippen LogP) is 2.54. The third-order valence-corrected chi connectivity index (χ3v) is 3.87. The molecule has 16 heavy (non-hydrogen) atoms. The lowest BCUT2D eigenvalue weighted by Crippen LogP contribution is -2.35. The van der Waals surface area contributed by atoms with Crippen molar-refractivity contribution in [3.05, 3.63) is 58.5 Å². The fourth-order valence-corrected chi connectivity index (χ4v) is 2.92. The van der Waals surface area contributed by atoms with Crippen molar-refractivity contribution in [2.45, 2.75) is 20.3 Å². The van der Waals surface area contributed by atoms with Crippen molar-refractivity contribution < 1.29 is 0 Å². The summed E-state index contributed by atoms with van der Waals surface area (Å²) >= 11 is 0. The molecule has 0 unspecified atom stereocenters. The van der Waals surface area contributed by atoms with Crippen LogP contribution in [0, 0.1) is 5.92 Å². The van der Waals surface area contributed by atoms with Crippen molar-refractivity contribution in [1.82, 2.24) is 0 Å². The van der Waals surface area contributed by atoms with Crippen LogP contribution in [0.25, 0.3) is 11.1 Å². The zero-order valence-corrected chi connectivity index (χ0v) is 9.83. The molecular formula is C16H16. The first-order valence-electron chi connectivity index (χ1n) is 5.93. The SMILES string of the molecule is CC1=c2ccccc2=C(C)[C@H]2CC=CC=C12. The van der Waals surface area contributed by atoms with Crippen molar-refractivity contribution in [3.63, 3.8) is 0 Å². The van der Waals surface area contributed by atoms with Crippen LogP contribution in [0.1, 0.15) is 20.3 Å². The van der Waals surface area contributed by atoms with E-state index in [-0.39, 0.29) is 0 Å². The van der Waals surface area contributed by atoms with Gasteiger partial charge in [0.15, 0.2) is 0 Å². The zero-order valence-electron chi connectivity index (χ0n) is 9.83. The highest BCUT2D eigenvalue weighted by Gasteiger charge is 2.22. The topological polar surface area (TPSA) is 0 Å². The molecule has 1 atom stereocenters. The summed E-state index contributed by atoms with van der Waals surface area (Å²) in [5, 5.41) is 2.86. The second kappa shape index (κ2) is 3.48. The summed E-state index contributed by atoms with van der Waals surface area (Å²) in [6.45, 7) is 4.53. The molecule has 0 saturated carbocycles. The maximum atomic E-state index is 2.28. The minimum Gasteiger partial charge on any atom is -0.0836 e. The van der Waals surface area contributed by atoms with Crippen LogP contribution in [0.5, 0.6) is 0 Å². The van der Waals surface area contributed by atoms with Crippen LogP contribution in [0.15, 0.2) is 48.1 Å². The number of hydrogen-bond donors (Lipinski definition) is 0. The Kier molecular flexibility index (Phi) is 2.10. The van der Waals surface area contributed by atoms with Gasteiger partial charge in [-0.2, -0.15) is 0 Å². The fourth-order valence-electron chi connectivity index (χ4n) is 2.92. The molecular weight excluding hydrogens is 192 g/mol. The second-order valence-corrected chi connectivity index (χ2v) is 4.69. The molecule has 0 amide bonds. The quantitative estimate of drug-likeness (QED) is 0.614. The van der Waals surface area contributed by atoms with Crippen molar-refractivity contribution >= 4 is 11.1 Å². The molecule has 1 aromatic carbocycles. The molecule has 0 saturated heterocycles. The molecule has 0 nitrogen and oxygen atoms in total. The highest BCUT2D eigenvalue weighted by Crippen LogP contribution is 2.33. The van der Waals surface area contributed by atoms with Crippen molar-refractivity contribution in [2.75, 3.05) is 0 Å². The number of benzene rings is 1. The summed E-state index contributed by atoms with van der Waals surface area (Å²) in [5.74, 6) is 0.611. The average molecular weight is 208 g/mol. The molecule has 3 rings (SSSR count). The summed E-state index contributed by atoms with van der Waals surface area (Å²) in [7, 11) is 0. The summed E-state index contributed by atoms with van der Waals surface area (Å²) in [5.41, 5.74) is 4.49. The minimum absolute atomic E-state index is 0.611. The van der Waals surface area contributed by atoms with Crippen LogP contribution < -0.4 is 10.4 Å². The van der Waals surface area contributed by atoms with E-state index in [1.807, 2.05) is 0 Å². The average Bonchev–Trinajstić information content (AvgIpc) is 2.36. The summed E-state index contributed by atoms with van der Waals surface area (Å²) in [4.78, 5) is 0. The van der Waals surface area contributed by atoms with Gasteiger partial charge in [-0.15, -0.1) is 0 Å². The van der Waals surface area contributed by atoms with Crippen LogP contribution in [0.4, 0.5) is 0 Å². The van der Waals surface area contributed by atoms with Gasteiger partial charge in [0, 0.05) is 5.92 Å². The molecule has 0 fully saturated rings. The lowest BCUT2D eigenvalue weighted by atomic mass is 9.77. The van der Waals surface area contributed by atoms with Gasteiger partial charge in [-0.05, 0) is 41.9 Å². The van der Waals surface area contributed by atoms with Crippen LogP contribution in [0.3, 0.4) is 0 Å². The van der Waals surface area contributed by atoms with E-state index in [1.165, 1.54) is 27.2 Å². The second-order valence-electron chi connectivity index (χ2n) is 4.69. The molecule has 2 aliphatic carbocycles. The Hall–Kier alpha value is -1.56. The Bertz CT molecular complexity index is 612. The normalized spacial score (nSPS) is 22.6. The van der Waals surface area contributed by atoms with Crippen molar-refractivity contribution in [1.29, 1.82) is 0 Å². The Balaban J connectivity index is 2.45. The standard InChI is InChI=1S/C16H16/c1-11-13-7-3-5-9-15(13)12(2)16-10-6-4-8-14(11)16/h3-9,16H,10H2,1-2H3/t16-/m1/s1. The van der Waals surface area contributed by atoms with Gasteiger partial charge in [0.1, 0.15) is 0 Å². The van der Waals surface area contributed by atoms with Gasteiger partial charge in [-0.3, -0.25) is 0 Å². The molecule has 0 N–H and O–H groups in total. The smallest absolute Gasteiger partial charge is 0.00920 e.